The Hall–Kier alpha value is -2.87. The smallest absolute Gasteiger partial charge is 0.253 e. The van der Waals surface area contributed by atoms with E-state index >= 15 is 0 Å². The molecule has 5 nitrogen and oxygen atoms in total. The van der Waals surface area contributed by atoms with Gasteiger partial charge in [-0.1, -0.05) is 25.3 Å². The predicted octanol–water partition coefficient (Wildman–Crippen LogP) is 4.03. The number of pyridine rings is 1. The molecular formula is C25H27N3O2. The minimum absolute atomic E-state index is 0.0279. The van der Waals surface area contributed by atoms with E-state index in [1.807, 2.05) is 9.47 Å². The van der Waals surface area contributed by atoms with Crippen LogP contribution in [0.15, 0.2) is 41.2 Å². The summed E-state index contributed by atoms with van der Waals surface area (Å²) in [5.74, 6) is 1.12. The van der Waals surface area contributed by atoms with E-state index < -0.39 is 0 Å². The minimum Gasteiger partial charge on any atom is -0.338 e. The zero-order valence-corrected chi connectivity index (χ0v) is 17.2. The molecule has 0 spiro atoms. The van der Waals surface area contributed by atoms with Gasteiger partial charge in [-0.25, -0.2) is 0 Å². The Labute approximate surface area is 176 Å². The molecule has 2 aromatic rings. The maximum Gasteiger partial charge on any atom is 0.253 e. The number of rotatable bonds is 2. The fourth-order valence-electron chi connectivity index (χ4n) is 5.84. The van der Waals surface area contributed by atoms with Crippen LogP contribution in [-0.4, -0.2) is 28.5 Å². The van der Waals surface area contributed by atoms with Crippen LogP contribution in [0.4, 0.5) is 0 Å². The van der Waals surface area contributed by atoms with Crippen molar-refractivity contribution in [3.05, 3.63) is 69.1 Å². The number of nitrogens with zero attached hydrogens (tertiary/aromatic N) is 3. The van der Waals surface area contributed by atoms with Crippen LogP contribution < -0.4 is 5.56 Å². The highest BCUT2D eigenvalue weighted by Crippen LogP contribution is 2.42. The quantitative estimate of drug-likeness (QED) is 0.763. The molecule has 2 aliphatic heterocycles. The van der Waals surface area contributed by atoms with Crippen molar-refractivity contribution in [2.75, 3.05) is 13.1 Å². The zero-order valence-electron chi connectivity index (χ0n) is 17.2. The van der Waals surface area contributed by atoms with Gasteiger partial charge in [0.05, 0.1) is 11.6 Å². The highest BCUT2D eigenvalue weighted by molar-refractivity contribution is 5.94. The summed E-state index contributed by atoms with van der Waals surface area (Å²) in [6.07, 6.45) is 7.30. The summed E-state index contributed by atoms with van der Waals surface area (Å²) >= 11 is 0. The van der Waals surface area contributed by atoms with Gasteiger partial charge in [-0.15, -0.1) is 0 Å². The van der Waals surface area contributed by atoms with Gasteiger partial charge in [0.25, 0.3) is 11.5 Å². The molecule has 2 atom stereocenters. The van der Waals surface area contributed by atoms with Gasteiger partial charge in [0, 0.05) is 42.9 Å². The molecule has 1 saturated heterocycles. The summed E-state index contributed by atoms with van der Waals surface area (Å²) in [5.41, 5.74) is 3.85. The van der Waals surface area contributed by atoms with Gasteiger partial charge >= 0.3 is 0 Å². The first kappa shape index (κ1) is 19.1. The number of piperidine rings is 1. The number of hydrogen-bond donors (Lipinski definition) is 0. The lowest BCUT2D eigenvalue weighted by molar-refractivity contribution is 0.0592. The molecule has 2 fully saturated rings. The number of carbonyl (C=O) groups excluding carboxylic acids is 1. The third-order valence-corrected chi connectivity index (χ3v) is 7.22. The van der Waals surface area contributed by atoms with Gasteiger partial charge in [-0.3, -0.25) is 9.59 Å². The standard InChI is InChI=1S/C25H27N3O2/c26-13-17-6-8-20(9-7-17)25(30)27-14-18-12-21(16-27)24-22(19-4-2-1-3-5-19)10-11-23(29)28(24)15-18/h6-11,18-19,21H,1-5,12,14-16H2. The topological polar surface area (TPSA) is 66.1 Å². The maximum atomic E-state index is 13.2. The van der Waals surface area contributed by atoms with Crippen LogP contribution >= 0.6 is 0 Å². The maximum absolute atomic E-state index is 13.2. The first-order chi connectivity index (χ1) is 14.6. The number of hydrogen-bond acceptors (Lipinski definition) is 3. The predicted molar refractivity (Wildman–Crippen MR) is 114 cm³/mol. The average molecular weight is 402 g/mol. The molecule has 2 bridgehead atoms. The van der Waals surface area contributed by atoms with Crippen LogP contribution in [0.3, 0.4) is 0 Å². The van der Waals surface area contributed by atoms with E-state index in [-0.39, 0.29) is 17.4 Å². The first-order valence-corrected chi connectivity index (χ1v) is 11.2. The summed E-state index contributed by atoms with van der Waals surface area (Å²) in [5, 5.41) is 9.00. The summed E-state index contributed by atoms with van der Waals surface area (Å²) < 4.78 is 2.02. The van der Waals surface area contributed by atoms with Crippen molar-refractivity contribution < 1.29 is 4.79 Å². The summed E-state index contributed by atoms with van der Waals surface area (Å²) in [6.45, 7) is 2.07. The van der Waals surface area contributed by atoms with Gasteiger partial charge in [-0.05, 0) is 60.9 Å². The van der Waals surface area contributed by atoms with Gasteiger partial charge in [0.2, 0.25) is 0 Å². The van der Waals surface area contributed by atoms with E-state index in [2.05, 4.69) is 12.1 Å². The van der Waals surface area contributed by atoms with Gasteiger partial charge in [0.15, 0.2) is 0 Å². The largest absolute Gasteiger partial charge is 0.338 e. The Morgan fingerprint density at radius 3 is 2.43 bits per heavy atom. The van der Waals surface area contributed by atoms with Crippen molar-refractivity contribution in [1.82, 2.24) is 9.47 Å². The van der Waals surface area contributed by atoms with Crippen molar-refractivity contribution in [2.45, 2.75) is 56.9 Å². The van der Waals surface area contributed by atoms with Crippen LogP contribution in [0.5, 0.6) is 0 Å². The summed E-state index contributed by atoms with van der Waals surface area (Å²) in [4.78, 5) is 27.8. The van der Waals surface area contributed by atoms with E-state index in [4.69, 9.17) is 5.26 Å². The molecule has 3 heterocycles. The highest BCUT2D eigenvalue weighted by atomic mass is 16.2. The summed E-state index contributed by atoms with van der Waals surface area (Å²) in [6, 6.07) is 12.8. The number of carbonyl (C=O) groups is 1. The Balaban J connectivity index is 1.46. The Kier molecular flexibility index (Phi) is 4.94. The number of aromatic nitrogens is 1. The lowest BCUT2D eigenvalue weighted by atomic mass is 9.76. The molecule has 5 heteroatoms. The lowest BCUT2D eigenvalue weighted by Gasteiger charge is -2.44. The second-order valence-corrected chi connectivity index (χ2v) is 9.16. The fraction of sp³-hybridized carbons (Fsp3) is 0.480. The van der Waals surface area contributed by atoms with E-state index in [0.29, 0.717) is 42.6 Å². The van der Waals surface area contributed by atoms with Crippen LogP contribution in [0, 0.1) is 17.2 Å². The number of nitriles is 1. The van der Waals surface area contributed by atoms with Crippen LogP contribution in [-0.2, 0) is 6.54 Å². The van der Waals surface area contributed by atoms with Crippen molar-refractivity contribution in [2.24, 2.45) is 5.92 Å². The van der Waals surface area contributed by atoms with Crippen LogP contribution in [0.2, 0.25) is 0 Å². The van der Waals surface area contributed by atoms with E-state index in [0.717, 1.165) is 6.42 Å². The summed E-state index contributed by atoms with van der Waals surface area (Å²) in [7, 11) is 0. The monoisotopic (exact) mass is 401 g/mol. The third kappa shape index (κ3) is 3.35. The number of likely N-dealkylation sites (tertiary alicyclic amines) is 1. The molecule has 154 valence electrons. The van der Waals surface area contributed by atoms with Crippen LogP contribution in [0.25, 0.3) is 0 Å². The van der Waals surface area contributed by atoms with Crippen molar-refractivity contribution in [3.8, 4) is 6.07 Å². The Bertz CT molecular complexity index is 1060. The number of fused-ring (bicyclic) bond motifs is 4. The third-order valence-electron chi connectivity index (χ3n) is 7.22. The molecule has 0 radical (unpaired) electrons. The molecule has 1 amide bonds. The average Bonchev–Trinajstić information content (AvgIpc) is 2.80. The van der Waals surface area contributed by atoms with Crippen molar-refractivity contribution in [3.63, 3.8) is 0 Å². The molecule has 1 saturated carbocycles. The first-order valence-electron chi connectivity index (χ1n) is 11.2. The second-order valence-electron chi connectivity index (χ2n) is 9.16. The number of amides is 1. The second kappa shape index (κ2) is 7.75. The normalized spacial score (nSPS) is 23.5. The van der Waals surface area contributed by atoms with E-state index in [1.165, 1.54) is 43.4 Å². The molecule has 1 aliphatic carbocycles. The highest BCUT2D eigenvalue weighted by Gasteiger charge is 2.38. The molecule has 0 N–H and O–H groups in total. The Morgan fingerprint density at radius 1 is 0.933 bits per heavy atom. The van der Waals surface area contributed by atoms with Gasteiger partial charge in [0.1, 0.15) is 0 Å². The molecule has 2 unspecified atom stereocenters. The minimum atomic E-state index is 0.0279. The molecular weight excluding hydrogens is 374 g/mol. The van der Waals surface area contributed by atoms with Crippen molar-refractivity contribution in [1.29, 1.82) is 5.26 Å². The molecule has 5 rings (SSSR count). The SMILES string of the molecule is N#Cc1ccc(C(=O)N2CC3CC(C2)c2c(C4CCCCC4)ccc(=O)n2C3)cc1. The van der Waals surface area contributed by atoms with Crippen LogP contribution in [0.1, 0.15) is 77.5 Å². The van der Waals surface area contributed by atoms with Gasteiger partial charge in [-0.2, -0.15) is 5.26 Å². The van der Waals surface area contributed by atoms with E-state index in [9.17, 15) is 9.59 Å². The zero-order chi connectivity index (χ0) is 20.7. The molecule has 1 aromatic heterocycles. The molecule has 30 heavy (non-hydrogen) atoms. The molecule has 1 aromatic carbocycles. The van der Waals surface area contributed by atoms with Gasteiger partial charge < -0.3 is 9.47 Å². The van der Waals surface area contributed by atoms with Crippen molar-refractivity contribution >= 4 is 5.91 Å². The van der Waals surface area contributed by atoms with E-state index in [1.54, 1.807) is 30.3 Å². The lowest BCUT2D eigenvalue weighted by Crippen LogP contribution is -2.49. The fourth-order valence-corrected chi connectivity index (χ4v) is 5.84. The molecule has 3 aliphatic rings. The Morgan fingerprint density at radius 2 is 1.70 bits per heavy atom. The number of benzene rings is 1.